The smallest absolute Gasteiger partial charge is 0.0110 e. The lowest BCUT2D eigenvalue weighted by Gasteiger charge is -2.57. The van der Waals surface area contributed by atoms with E-state index in [2.05, 4.69) is 23.5 Å². The van der Waals surface area contributed by atoms with Gasteiger partial charge in [-0.05, 0) is 125 Å². The van der Waals surface area contributed by atoms with Crippen molar-refractivity contribution in [3.05, 3.63) is 21.9 Å². The molecule has 0 N–H and O–H groups in total. The maximum atomic E-state index is 2.63. The molecule has 0 radical (unpaired) electrons. The van der Waals surface area contributed by atoms with Crippen LogP contribution in [-0.4, -0.2) is 0 Å². The van der Waals surface area contributed by atoms with Crippen molar-refractivity contribution in [2.45, 2.75) is 87.9 Å². The van der Waals surface area contributed by atoms with Gasteiger partial charge in [0, 0.05) is 20.6 Å². The summed E-state index contributed by atoms with van der Waals surface area (Å²) in [5, 5.41) is 0. The fourth-order valence-corrected chi connectivity index (χ4v) is 11.2. The molecule has 25 heavy (non-hydrogen) atoms. The van der Waals surface area contributed by atoms with E-state index >= 15 is 0 Å². The van der Waals surface area contributed by atoms with Crippen LogP contribution in [-0.2, 0) is 10.8 Å². The average molecular weight is 353 g/mol. The van der Waals surface area contributed by atoms with Crippen LogP contribution in [0.3, 0.4) is 0 Å². The van der Waals surface area contributed by atoms with Crippen LogP contribution in [0, 0.1) is 35.5 Å². The largest absolute Gasteiger partial charge is 0.144 e. The van der Waals surface area contributed by atoms with Gasteiger partial charge in [0.1, 0.15) is 0 Å². The zero-order chi connectivity index (χ0) is 16.2. The Bertz CT molecular complexity index is 580. The molecule has 0 unspecified atom stereocenters. The third kappa shape index (κ3) is 2.00. The molecule has 1 heterocycles. The van der Waals surface area contributed by atoms with Gasteiger partial charge in [0.25, 0.3) is 0 Å². The summed E-state index contributed by atoms with van der Waals surface area (Å²) >= 11 is 2.31. The first kappa shape index (κ1) is 14.7. The van der Waals surface area contributed by atoms with Crippen LogP contribution in [0.1, 0.15) is 86.8 Å². The second-order valence-corrected chi connectivity index (χ2v) is 12.6. The van der Waals surface area contributed by atoms with Gasteiger partial charge in [0.2, 0.25) is 0 Å². The molecule has 0 amide bonds. The van der Waals surface area contributed by atoms with Gasteiger partial charge in [-0.25, -0.2) is 0 Å². The van der Waals surface area contributed by atoms with Crippen LogP contribution in [0.5, 0.6) is 0 Å². The Hall–Kier alpha value is -0.300. The van der Waals surface area contributed by atoms with Crippen LogP contribution in [0.4, 0.5) is 0 Å². The van der Waals surface area contributed by atoms with Gasteiger partial charge >= 0.3 is 0 Å². The Labute approximate surface area is 156 Å². The minimum Gasteiger partial charge on any atom is -0.144 e. The van der Waals surface area contributed by atoms with Crippen LogP contribution in [0.15, 0.2) is 12.1 Å². The van der Waals surface area contributed by atoms with E-state index < -0.39 is 0 Å². The SMILES string of the molecule is c1cc(C23CC4CC(CC(C4)C2)C3)sc1C12CC3CC(CC(C3)C1)C2. The Morgan fingerprint density at radius 2 is 0.800 bits per heavy atom. The van der Waals surface area contributed by atoms with E-state index in [1.807, 2.05) is 9.75 Å². The second kappa shape index (κ2) is 4.75. The lowest BCUT2D eigenvalue weighted by atomic mass is 9.49. The van der Waals surface area contributed by atoms with Crippen molar-refractivity contribution in [1.29, 1.82) is 0 Å². The molecule has 1 heteroatoms. The van der Waals surface area contributed by atoms with Crippen molar-refractivity contribution >= 4 is 11.3 Å². The van der Waals surface area contributed by atoms with Gasteiger partial charge in [-0.15, -0.1) is 11.3 Å². The second-order valence-electron chi connectivity index (χ2n) is 11.6. The highest BCUT2D eigenvalue weighted by Crippen LogP contribution is 2.64. The number of rotatable bonds is 2. The predicted octanol–water partition coefficient (Wildman–Crippen LogP) is 6.68. The molecule has 0 nitrogen and oxygen atoms in total. The van der Waals surface area contributed by atoms with Crippen molar-refractivity contribution in [1.82, 2.24) is 0 Å². The third-order valence-electron chi connectivity index (χ3n) is 9.73. The van der Waals surface area contributed by atoms with Gasteiger partial charge in [-0.3, -0.25) is 0 Å². The Balaban J connectivity index is 1.25. The van der Waals surface area contributed by atoms with Crippen molar-refractivity contribution < 1.29 is 0 Å². The topological polar surface area (TPSA) is 0 Å². The molecule has 0 aliphatic heterocycles. The minimum absolute atomic E-state index is 0.625. The Kier molecular flexibility index (Phi) is 2.80. The molecule has 0 spiro atoms. The summed E-state index contributed by atoms with van der Waals surface area (Å²) in [7, 11) is 0. The molecule has 8 bridgehead atoms. The molecular formula is C24H32S. The monoisotopic (exact) mass is 352 g/mol. The molecule has 8 saturated carbocycles. The zero-order valence-electron chi connectivity index (χ0n) is 15.5. The fourth-order valence-electron chi connectivity index (χ4n) is 9.73. The molecule has 0 aromatic carbocycles. The quantitative estimate of drug-likeness (QED) is 0.556. The lowest BCUT2D eigenvalue weighted by molar-refractivity contribution is -0.00403. The van der Waals surface area contributed by atoms with Crippen LogP contribution in [0.2, 0.25) is 0 Å². The number of hydrogen-bond donors (Lipinski definition) is 0. The summed E-state index contributed by atoms with van der Waals surface area (Å²) in [5.41, 5.74) is 1.25. The summed E-state index contributed by atoms with van der Waals surface area (Å²) in [6, 6.07) is 5.26. The van der Waals surface area contributed by atoms with Crippen LogP contribution >= 0.6 is 11.3 Å². The number of hydrogen-bond acceptors (Lipinski definition) is 1. The summed E-state index contributed by atoms with van der Waals surface area (Å²) in [6.07, 6.45) is 18.7. The minimum atomic E-state index is 0.625. The fraction of sp³-hybridized carbons (Fsp3) is 0.833. The molecule has 8 fully saturated rings. The first-order chi connectivity index (χ1) is 12.2. The average Bonchev–Trinajstić information content (AvgIpc) is 3.04. The van der Waals surface area contributed by atoms with E-state index in [-0.39, 0.29) is 0 Å². The highest BCUT2D eigenvalue weighted by molar-refractivity contribution is 7.12. The van der Waals surface area contributed by atoms with Crippen molar-refractivity contribution in [3.8, 4) is 0 Å². The molecule has 0 saturated heterocycles. The standard InChI is InChI=1S/C24H32S/c1-2-22(24-12-18-6-19(13-24)8-20(7-18)14-24)25-21(1)23-9-15-3-16(10-23)5-17(4-15)11-23/h1-2,15-20H,3-14H2. The van der Waals surface area contributed by atoms with Crippen molar-refractivity contribution in [2.75, 3.05) is 0 Å². The number of thiophene rings is 1. The molecule has 0 atom stereocenters. The van der Waals surface area contributed by atoms with Gasteiger partial charge in [-0.1, -0.05) is 0 Å². The zero-order valence-corrected chi connectivity index (χ0v) is 16.3. The van der Waals surface area contributed by atoms with Gasteiger partial charge in [0.15, 0.2) is 0 Å². The van der Waals surface area contributed by atoms with Gasteiger partial charge < -0.3 is 0 Å². The van der Waals surface area contributed by atoms with Gasteiger partial charge in [-0.2, -0.15) is 0 Å². The van der Waals surface area contributed by atoms with E-state index in [1.165, 1.54) is 0 Å². The van der Waals surface area contributed by atoms with E-state index in [1.54, 1.807) is 77.0 Å². The maximum Gasteiger partial charge on any atom is 0.0110 e. The molecule has 134 valence electrons. The Morgan fingerprint density at radius 1 is 0.520 bits per heavy atom. The summed E-state index contributed by atoms with van der Waals surface area (Å²) in [4.78, 5) is 3.66. The van der Waals surface area contributed by atoms with Crippen molar-refractivity contribution in [3.63, 3.8) is 0 Å². The normalized spacial score (nSPS) is 55.2. The first-order valence-electron chi connectivity index (χ1n) is 11.3. The lowest BCUT2D eigenvalue weighted by Crippen LogP contribution is -2.48. The Morgan fingerprint density at radius 3 is 1.08 bits per heavy atom. The molecule has 1 aromatic heterocycles. The highest BCUT2D eigenvalue weighted by atomic mass is 32.1. The van der Waals surface area contributed by atoms with E-state index in [4.69, 9.17) is 0 Å². The highest BCUT2D eigenvalue weighted by Gasteiger charge is 2.54. The van der Waals surface area contributed by atoms with Gasteiger partial charge in [0.05, 0.1) is 0 Å². The molecule has 1 aromatic rings. The van der Waals surface area contributed by atoms with Crippen LogP contribution < -0.4 is 0 Å². The molecular weight excluding hydrogens is 320 g/mol. The van der Waals surface area contributed by atoms with Crippen molar-refractivity contribution in [2.24, 2.45) is 35.5 Å². The summed E-state index contributed by atoms with van der Waals surface area (Å²) < 4.78 is 0. The third-order valence-corrected chi connectivity index (χ3v) is 11.3. The predicted molar refractivity (Wildman–Crippen MR) is 104 cm³/mol. The summed E-state index contributed by atoms with van der Waals surface area (Å²) in [5.74, 6) is 6.48. The van der Waals surface area contributed by atoms with Crippen LogP contribution in [0.25, 0.3) is 0 Å². The maximum absolute atomic E-state index is 2.63. The van der Waals surface area contributed by atoms with E-state index in [0.29, 0.717) is 10.8 Å². The molecule has 9 rings (SSSR count). The van der Waals surface area contributed by atoms with E-state index in [0.717, 1.165) is 35.5 Å². The van der Waals surface area contributed by atoms with E-state index in [9.17, 15) is 0 Å². The summed E-state index contributed by atoms with van der Waals surface area (Å²) in [6.45, 7) is 0. The molecule has 8 aliphatic carbocycles. The first-order valence-corrected chi connectivity index (χ1v) is 12.1. The molecule has 8 aliphatic rings.